The van der Waals surface area contributed by atoms with Crippen molar-refractivity contribution in [2.24, 2.45) is 5.10 Å². The van der Waals surface area contributed by atoms with Crippen molar-refractivity contribution in [1.82, 2.24) is 15.3 Å². The van der Waals surface area contributed by atoms with Crippen molar-refractivity contribution in [1.29, 1.82) is 0 Å². The standard InChI is InChI=1S/C18H19BrN4O4/c1-23(2)16(24)11-27-17-14(19)7-12(8-15(17)26-3)9-21-22-18(25)13-5-4-6-20-10-13/h4-10H,11H2,1-3H3,(H,22,25). The first-order valence-electron chi connectivity index (χ1n) is 7.86. The Balaban J connectivity index is 2.08. The summed E-state index contributed by atoms with van der Waals surface area (Å²) < 4.78 is 11.5. The second-order valence-electron chi connectivity index (χ2n) is 5.55. The zero-order valence-corrected chi connectivity index (χ0v) is 16.7. The van der Waals surface area contributed by atoms with Crippen LogP contribution in [0.3, 0.4) is 0 Å². The topological polar surface area (TPSA) is 93.1 Å². The second kappa shape index (κ2) is 9.67. The molecule has 142 valence electrons. The molecule has 0 saturated heterocycles. The number of amides is 2. The number of nitrogens with zero attached hydrogens (tertiary/aromatic N) is 3. The molecule has 1 heterocycles. The van der Waals surface area contributed by atoms with E-state index in [4.69, 9.17) is 9.47 Å². The summed E-state index contributed by atoms with van der Waals surface area (Å²) >= 11 is 3.40. The predicted octanol–water partition coefficient (Wildman–Crippen LogP) is 2.08. The molecule has 2 rings (SSSR count). The lowest BCUT2D eigenvalue weighted by Crippen LogP contribution is -2.27. The average molecular weight is 435 g/mol. The maximum atomic E-state index is 11.9. The van der Waals surface area contributed by atoms with Crippen LogP contribution in [0.25, 0.3) is 0 Å². The first kappa shape index (κ1) is 20.4. The summed E-state index contributed by atoms with van der Waals surface area (Å²) in [5.74, 6) is 0.292. The van der Waals surface area contributed by atoms with Crippen LogP contribution in [-0.2, 0) is 4.79 Å². The zero-order chi connectivity index (χ0) is 19.8. The number of likely N-dealkylation sites (N-methyl/N-ethyl adjacent to an activating group) is 1. The van der Waals surface area contributed by atoms with Crippen molar-refractivity contribution in [2.75, 3.05) is 27.8 Å². The summed E-state index contributed by atoms with van der Waals surface area (Å²) in [5.41, 5.74) is 3.49. The number of benzene rings is 1. The third kappa shape index (κ3) is 5.78. The summed E-state index contributed by atoms with van der Waals surface area (Å²) in [7, 11) is 4.79. The van der Waals surface area contributed by atoms with Crippen molar-refractivity contribution in [2.45, 2.75) is 0 Å². The summed E-state index contributed by atoms with van der Waals surface area (Å²) in [4.78, 5) is 28.9. The highest BCUT2D eigenvalue weighted by Gasteiger charge is 2.14. The normalized spacial score (nSPS) is 10.5. The van der Waals surface area contributed by atoms with E-state index < -0.39 is 0 Å². The number of carbonyl (C=O) groups is 2. The molecule has 0 fully saturated rings. The lowest BCUT2D eigenvalue weighted by Gasteiger charge is -2.15. The zero-order valence-electron chi connectivity index (χ0n) is 15.1. The molecule has 9 heteroatoms. The number of aromatic nitrogens is 1. The van der Waals surface area contributed by atoms with Crippen LogP contribution < -0.4 is 14.9 Å². The summed E-state index contributed by atoms with van der Waals surface area (Å²) in [6.07, 6.45) is 4.50. The van der Waals surface area contributed by atoms with Gasteiger partial charge in [-0.2, -0.15) is 5.10 Å². The van der Waals surface area contributed by atoms with Crippen molar-refractivity contribution in [3.63, 3.8) is 0 Å². The molecule has 0 radical (unpaired) electrons. The van der Waals surface area contributed by atoms with Crippen LogP contribution in [0.2, 0.25) is 0 Å². The van der Waals surface area contributed by atoms with Gasteiger partial charge in [0.05, 0.1) is 23.4 Å². The van der Waals surface area contributed by atoms with Crippen LogP contribution in [0.5, 0.6) is 11.5 Å². The number of hydrazone groups is 1. The molecule has 0 aliphatic heterocycles. The van der Waals surface area contributed by atoms with E-state index >= 15 is 0 Å². The van der Waals surface area contributed by atoms with Gasteiger partial charge in [-0.15, -0.1) is 0 Å². The molecule has 0 bridgehead atoms. The van der Waals surface area contributed by atoms with Gasteiger partial charge in [-0.3, -0.25) is 14.6 Å². The maximum absolute atomic E-state index is 11.9. The van der Waals surface area contributed by atoms with Gasteiger partial charge in [-0.25, -0.2) is 5.43 Å². The van der Waals surface area contributed by atoms with Gasteiger partial charge >= 0.3 is 0 Å². The Morgan fingerprint density at radius 2 is 2.15 bits per heavy atom. The van der Waals surface area contributed by atoms with Gasteiger partial charge < -0.3 is 14.4 Å². The highest BCUT2D eigenvalue weighted by atomic mass is 79.9. The number of pyridine rings is 1. The minimum Gasteiger partial charge on any atom is -0.493 e. The molecule has 0 atom stereocenters. The number of hydrogen-bond donors (Lipinski definition) is 1. The monoisotopic (exact) mass is 434 g/mol. The van der Waals surface area contributed by atoms with Crippen molar-refractivity contribution >= 4 is 34.0 Å². The Hall–Kier alpha value is -2.94. The van der Waals surface area contributed by atoms with Gasteiger partial charge in [-0.05, 0) is 45.8 Å². The minimum atomic E-state index is -0.368. The molecule has 0 aliphatic rings. The van der Waals surface area contributed by atoms with Gasteiger partial charge in [-0.1, -0.05) is 0 Å². The molecule has 2 aromatic rings. The van der Waals surface area contributed by atoms with Gasteiger partial charge in [0, 0.05) is 26.5 Å². The molecule has 0 aliphatic carbocycles. The number of halogens is 1. The third-order valence-electron chi connectivity index (χ3n) is 3.39. The van der Waals surface area contributed by atoms with E-state index in [2.05, 4.69) is 31.4 Å². The highest BCUT2D eigenvalue weighted by molar-refractivity contribution is 9.10. The molecule has 0 spiro atoms. The van der Waals surface area contributed by atoms with Crippen LogP contribution in [0.1, 0.15) is 15.9 Å². The van der Waals surface area contributed by atoms with E-state index in [0.29, 0.717) is 27.1 Å². The molecule has 1 aromatic heterocycles. The number of hydrogen-bond acceptors (Lipinski definition) is 6. The molecular formula is C18H19BrN4O4. The summed E-state index contributed by atoms with van der Waals surface area (Å²) in [6.45, 7) is -0.115. The molecule has 1 N–H and O–H groups in total. The van der Waals surface area contributed by atoms with Crippen LogP contribution in [-0.4, -0.2) is 55.7 Å². The Kier molecular flexibility index (Phi) is 7.30. The van der Waals surface area contributed by atoms with E-state index in [-0.39, 0.29) is 18.4 Å². The maximum Gasteiger partial charge on any atom is 0.272 e. The van der Waals surface area contributed by atoms with E-state index in [1.807, 2.05) is 0 Å². The van der Waals surface area contributed by atoms with E-state index in [0.717, 1.165) is 0 Å². The third-order valence-corrected chi connectivity index (χ3v) is 3.98. The predicted molar refractivity (Wildman–Crippen MR) is 104 cm³/mol. The largest absolute Gasteiger partial charge is 0.493 e. The summed E-state index contributed by atoms with van der Waals surface area (Å²) in [5, 5.41) is 3.93. The fourth-order valence-corrected chi connectivity index (χ4v) is 2.52. The summed E-state index contributed by atoms with van der Waals surface area (Å²) in [6, 6.07) is 6.72. The van der Waals surface area contributed by atoms with Crippen LogP contribution in [0, 0.1) is 0 Å². The molecule has 1 aromatic carbocycles. The van der Waals surface area contributed by atoms with Crippen molar-refractivity contribution < 1.29 is 19.1 Å². The lowest BCUT2D eigenvalue weighted by atomic mass is 10.2. The molecule has 2 amide bonds. The van der Waals surface area contributed by atoms with Crippen LogP contribution >= 0.6 is 15.9 Å². The number of carbonyl (C=O) groups excluding carboxylic acids is 2. The van der Waals surface area contributed by atoms with Gasteiger partial charge in [0.15, 0.2) is 18.1 Å². The van der Waals surface area contributed by atoms with Crippen molar-refractivity contribution in [3.05, 3.63) is 52.3 Å². The van der Waals surface area contributed by atoms with E-state index in [9.17, 15) is 9.59 Å². The molecular weight excluding hydrogens is 416 g/mol. The fraction of sp³-hybridized carbons (Fsp3) is 0.222. The molecule has 27 heavy (non-hydrogen) atoms. The Labute approximate surface area is 165 Å². The number of ether oxygens (including phenoxy) is 2. The first-order valence-corrected chi connectivity index (χ1v) is 8.65. The van der Waals surface area contributed by atoms with E-state index in [1.165, 1.54) is 24.4 Å². The second-order valence-corrected chi connectivity index (χ2v) is 6.41. The molecule has 8 nitrogen and oxygen atoms in total. The smallest absolute Gasteiger partial charge is 0.272 e. The number of nitrogens with one attached hydrogen (secondary N) is 1. The number of methoxy groups -OCH3 is 1. The van der Waals surface area contributed by atoms with Gasteiger partial charge in [0.25, 0.3) is 11.8 Å². The SMILES string of the molecule is COc1cc(C=NNC(=O)c2cccnc2)cc(Br)c1OCC(=O)N(C)C. The first-order chi connectivity index (χ1) is 12.9. The molecule has 0 unspecified atom stereocenters. The average Bonchev–Trinajstić information content (AvgIpc) is 2.66. The van der Waals surface area contributed by atoms with Gasteiger partial charge in [0.1, 0.15) is 0 Å². The Morgan fingerprint density at radius 3 is 2.78 bits per heavy atom. The number of rotatable bonds is 7. The fourth-order valence-electron chi connectivity index (χ4n) is 1.94. The van der Waals surface area contributed by atoms with E-state index in [1.54, 1.807) is 44.6 Å². The lowest BCUT2D eigenvalue weighted by molar-refractivity contribution is -0.130. The van der Waals surface area contributed by atoms with Crippen molar-refractivity contribution in [3.8, 4) is 11.5 Å². The Bertz CT molecular complexity index is 841. The minimum absolute atomic E-state index is 0.115. The van der Waals surface area contributed by atoms with Gasteiger partial charge in [0.2, 0.25) is 0 Å². The Morgan fingerprint density at radius 1 is 1.37 bits per heavy atom. The highest BCUT2D eigenvalue weighted by Crippen LogP contribution is 2.36. The quantitative estimate of drug-likeness (QED) is 0.531. The molecule has 0 saturated carbocycles. The van der Waals surface area contributed by atoms with Crippen LogP contribution in [0.4, 0.5) is 0 Å². The van der Waals surface area contributed by atoms with Crippen LogP contribution in [0.15, 0.2) is 46.2 Å².